The summed E-state index contributed by atoms with van der Waals surface area (Å²) < 4.78 is 23.3. The minimum absolute atomic E-state index is 0.389. The van der Waals surface area contributed by atoms with Crippen molar-refractivity contribution < 1.29 is 8.42 Å². The van der Waals surface area contributed by atoms with Gasteiger partial charge in [-0.2, -0.15) is 8.42 Å². The third-order valence-corrected chi connectivity index (χ3v) is 1.67. The Morgan fingerprint density at radius 1 is 1.43 bits per heavy atom. The summed E-state index contributed by atoms with van der Waals surface area (Å²) in [6.07, 6.45) is 0. The molecule has 76 valence electrons. The van der Waals surface area contributed by atoms with Crippen LogP contribution in [0.3, 0.4) is 0 Å². The van der Waals surface area contributed by atoms with Crippen molar-refractivity contribution in [2.75, 3.05) is 24.4 Å². The molecule has 0 aliphatic carbocycles. The molecule has 0 amide bonds. The molecule has 0 saturated carbocycles. The number of aromatic nitrogens is 1. The number of pyridine rings is 1. The molecule has 1 heterocycles. The predicted molar refractivity (Wildman–Crippen MR) is 53.5 cm³/mol. The summed E-state index contributed by atoms with van der Waals surface area (Å²) in [6, 6.07) is 5.19. The molecule has 1 aromatic heterocycles. The van der Waals surface area contributed by atoms with Gasteiger partial charge in [-0.05, 0) is 12.1 Å². The molecule has 1 N–H and O–H groups in total. The molecule has 0 bridgehead atoms. The molecular formula is C7H10N4O2S. The third kappa shape index (κ3) is 3.02. The first kappa shape index (κ1) is 10.5. The molecule has 0 radical (unpaired) electrons. The Bertz CT molecular complexity index is 433. The zero-order valence-corrected chi connectivity index (χ0v) is 8.61. The fourth-order valence-electron chi connectivity index (χ4n) is 0.819. The molecular weight excluding hydrogens is 204 g/mol. The average molecular weight is 214 g/mol. The Morgan fingerprint density at radius 3 is 2.71 bits per heavy atom. The van der Waals surface area contributed by atoms with E-state index >= 15 is 0 Å². The minimum atomic E-state index is -2.47. The van der Waals surface area contributed by atoms with Crippen molar-refractivity contribution >= 4 is 22.1 Å². The summed E-state index contributed by atoms with van der Waals surface area (Å²) in [6.45, 7) is 0. The predicted octanol–water partition coefficient (Wildman–Crippen LogP) is 0.537. The summed E-state index contributed by atoms with van der Waals surface area (Å²) in [7, 11) is 1.21. The highest BCUT2D eigenvalue weighted by atomic mass is 32.2. The van der Waals surface area contributed by atoms with Crippen LogP contribution in [0.5, 0.6) is 0 Å². The largest absolute Gasteiger partial charge is 0.363 e. The van der Waals surface area contributed by atoms with E-state index in [0.29, 0.717) is 5.82 Å². The molecule has 1 aromatic rings. The molecule has 0 unspecified atom stereocenters. The quantitative estimate of drug-likeness (QED) is 0.743. The third-order valence-electron chi connectivity index (χ3n) is 1.43. The van der Waals surface area contributed by atoms with Gasteiger partial charge < -0.3 is 4.90 Å². The van der Waals surface area contributed by atoms with Crippen molar-refractivity contribution in [1.29, 1.82) is 0 Å². The van der Waals surface area contributed by atoms with Crippen LogP contribution in [0.4, 0.5) is 11.6 Å². The fraction of sp³-hybridized carbons (Fsp3) is 0.286. The molecule has 0 atom stereocenters. The van der Waals surface area contributed by atoms with Crippen molar-refractivity contribution in [2.45, 2.75) is 0 Å². The first-order valence-electron chi connectivity index (χ1n) is 3.80. The van der Waals surface area contributed by atoms with Crippen LogP contribution in [0.1, 0.15) is 0 Å². The van der Waals surface area contributed by atoms with Gasteiger partial charge >= 0.3 is 10.5 Å². The Morgan fingerprint density at radius 2 is 2.14 bits per heavy atom. The van der Waals surface area contributed by atoms with Crippen LogP contribution in [0.15, 0.2) is 22.7 Å². The lowest BCUT2D eigenvalue weighted by molar-refractivity contribution is 0.621. The second kappa shape index (κ2) is 4.56. The van der Waals surface area contributed by atoms with Gasteiger partial charge in [0.15, 0.2) is 0 Å². The van der Waals surface area contributed by atoms with Crippen molar-refractivity contribution in [3.8, 4) is 0 Å². The first-order chi connectivity index (χ1) is 6.59. The normalized spacial score (nSPS) is 9.29. The van der Waals surface area contributed by atoms with Gasteiger partial charge in [0.2, 0.25) is 0 Å². The van der Waals surface area contributed by atoms with Gasteiger partial charge in [-0.25, -0.2) is 10.4 Å². The number of hydrogen-bond donors (Lipinski definition) is 1. The van der Waals surface area contributed by atoms with E-state index in [1.54, 1.807) is 23.1 Å². The van der Waals surface area contributed by atoms with E-state index in [4.69, 9.17) is 0 Å². The van der Waals surface area contributed by atoms with E-state index in [1.165, 1.54) is 0 Å². The van der Waals surface area contributed by atoms with E-state index in [9.17, 15) is 8.42 Å². The van der Waals surface area contributed by atoms with Crippen molar-refractivity contribution in [3.05, 3.63) is 18.2 Å². The van der Waals surface area contributed by atoms with Crippen LogP contribution < -0.4 is 10.3 Å². The number of rotatable bonds is 3. The highest BCUT2D eigenvalue weighted by Crippen LogP contribution is 2.10. The lowest BCUT2D eigenvalue weighted by Crippen LogP contribution is -2.10. The molecule has 0 aliphatic rings. The molecule has 0 aliphatic heterocycles. The van der Waals surface area contributed by atoms with Crippen LogP contribution in [0.2, 0.25) is 0 Å². The van der Waals surface area contributed by atoms with E-state index < -0.39 is 10.5 Å². The average Bonchev–Trinajstić information content (AvgIpc) is 2.15. The van der Waals surface area contributed by atoms with Crippen LogP contribution in [0, 0.1) is 0 Å². The molecule has 6 nitrogen and oxygen atoms in total. The van der Waals surface area contributed by atoms with Crippen LogP contribution in [-0.2, 0) is 10.5 Å². The number of hydrogen-bond acceptors (Lipinski definition) is 5. The zero-order chi connectivity index (χ0) is 10.6. The summed E-state index contributed by atoms with van der Waals surface area (Å²) in [5, 5.41) is 0. The Hall–Kier alpha value is -1.63. The lowest BCUT2D eigenvalue weighted by Gasteiger charge is -2.11. The molecule has 7 heteroatoms. The van der Waals surface area contributed by atoms with Crippen LogP contribution in [0.25, 0.3) is 0 Å². The molecule has 14 heavy (non-hydrogen) atoms. The Balaban J connectivity index is 2.89. The molecule has 1 rings (SSSR count). The maximum absolute atomic E-state index is 10.1. The maximum atomic E-state index is 10.1. The standard InChI is InChI=1S/C7H10N4O2S/c1-11(2)7-5-3-4-6(8-7)9-10-14(12)13/h3-5H,1-2H3,(H,8,9). The number of nitrogens with one attached hydrogen (secondary N) is 1. The van der Waals surface area contributed by atoms with Gasteiger partial charge in [0.25, 0.3) is 0 Å². The SMILES string of the molecule is CN(C)c1cccc(NN=S(=O)=O)n1. The van der Waals surface area contributed by atoms with Gasteiger partial charge in [0.1, 0.15) is 11.6 Å². The van der Waals surface area contributed by atoms with E-state index in [1.807, 2.05) is 14.1 Å². The summed E-state index contributed by atoms with van der Waals surface area (Å²) in [5.41, 5.74) is 2.31. The lowest BCUT2D eigenvalue weighted by atomic mass is 10.4. The first-order valence-corrected chi connectivity index (χ1v) is 4.83. The van der Waals surface area contributed by atoms with Gasteiger partial charge in [-0.15, -0.1) is 0 Å². The molecule has 0 spiro atoms. The second-order valence-electron chi connectivity index (χ2n) is 2.70. The fourth-order valence-corrected chi connectivity index (χ4v) is 0.987. The topological polar surface area (TPSA) is 74.7 Å². The van der Waals surface area contributed by atoms with Gasteiger partial charge in [0.05, 0.1) is 0 Å². The summed E-state index contributed by atoms with van der Waals surface area (Å²) in [5.74, 6) is 1.11. The minimum Gasteiger partial charge on any atom is -0.363 e. The van der Waals surface area contributed by atoms with Gasteiger partial charge in [-0.3, -0.25) is 0 Å². The number of anilines is 2. The smallest absolute Gasteiger partial charge is 0.332 e. The monoisotopic (exact) mass is 214 g/mol. The van der Waals surface area contributed by atoms with E-state index in [0.717, 1.165) is 5.82 Å². The Labute approximate surface area is 83.3 Å². The van der Waals surface area contributed by atoms with Crippen LogP contribution in [-0.4, -0.2) is 27.5 Å². The summed E-state index contributed by atoms with van der Waals surface area (Å²) in [4.78, 5) is 5.90. The highest BCUT2D eigenvalue weighted by Gasteiger charge is 1.97. The Kier molecular flexibility index (Phi) is 3.41. The van der Waals surface area contributed by atoms with Crippen molar-refractivity contribution in [1.82, 2.24) is 4.98 Å². The molecule has 0 saturated heterocycles. The molecule has 0 aromatic carbocycles. The van der Waals surface area contributed by atoms with Crippen molar-refractivity contribution in [3.63, 3.8) is 0 Å². The van der Waals surface area contributed by atoms with E-state index in [-0.39, 0.29) is 0 Å². The van der Waals surface area contributed by atoms with Gasteiger partial charge in [0, 0.05) is 14.1 Å². The van der Waals surface area contributed by atoms with Crippen LogP contribution >= 0.6 is 0 Å². The summed E-state index contributed by atoms with van der Waals surface area (Å²) >= 11 is 0. The molecule has 0 fully saturated rings. The maximum Gasteiger partial charge on any atom is 0.332 e. The van der Waals surface area contributed by atoms with Gasteiger partial charge in [-0.1, -0.05) is 10.5 Å². The second-order valence-corrected chi connectivity index (χ2v) is 3.31. The number of nitrogens with zero attached hydrogens (tertiary/aromatic N) is 3. The van der Waals surface area contributed by atoms with E-state index in [2.05, 4.69) is 14.9 Å². The highest BCUT2D eigenvalue weighted by molar-refractivity contribution is 7.61. The van der Waals surface area contributed by atoms with Crippen molar-refractivity contribution in [2.24, 2.45) is 4.47 Å². The zero-order valence-electron chi connectivity index (χ0n) is 7.80.